The predicted molar refractivity (Wildman–Crippen MR) is 88.3 cm³/mol. The van der Waals surface area contributed by atoms with Gasteiger partial charge in [0.25, 0.3) is 0 Å². The maximum Gasteiger partial charge on any atom is 0.184 e. The third kappa shape index (κ3) is 3.45. The van der Waals surface area contributed by atoms with Crippen molar-refractivity contribution < 1.29 is 23.1 Å². The molecule has 7 heteroatoms. The molecule has 1 aliphatic heterocycles. The summed E-state index contributed by atoms with van der Waals surface area (Å²) in [6.45, 7) is -0.172. The van der Waals surface area contributed by atoms with Crippen LogP contribution in [-0.2, 0) is 12.8 Å². The molecule has 2 aromatic rings. The Hall–Kier alpha value is -2.18. The highest BCUT2D eigenvalue weighted by molar-refractivity contribution is 6.30. The average Bonchev–Trinajstić information content (AvgIpc) is 2.98. The first-order chi connectivity index (χ1) is 11.9. The minimum absolute atomic E-state index is 0.0334. The summed E-state index contributed by atoms with van der Waals surface area (Å²) in [7, 11) is 0. The number of Topliss-reactive ketones (excluding diaryl/α,β-unsaturated/α-hetero) is 1. The first-order valence-electron chi connectivity index (χ1n) is 7.56. The molecule has 25 heavy (non-hydrogen) atoms. The van der Waals surface area contributed by atoms with Crippen molar-refractivity contribution in [2.24, 2.45) is 4.99 Å². The summed E-state index contributed by atoms with van der Waals surface area (Å²) >= 11 is 5.70. The van der Waals surface area contributed by atoms with Crippen LogP contribution < -0.4 is 0 Å². The van der Waals surface area contributed by atoms with E-state index in [4.69, 9.17) is 16.7 Å². The second-order valence-corrected chi connectivity index (χ2v) is 6.13. The quantitative estimate of drug-likeness (QED) is 0.805. The van der Waals surface area contributed by atoms with Crippen LogP contribution in [-0.4, -0.2) is 23.2 Å². The maximum absolute atomic E-state index is 14.0. The topological polar surface area (TPSA) is 49.7 Å². The van der Waals surface area contributed by atoms with Crippen LogP contribution >= 0.6 is 11.6 Å². The number of carbonyl (C=O) groups is 1. The third-order valence-corrected chi connectivity index (χ3v) is 4.29. The van der Waals surface area contributed by atoms with Crippen molar-refractivity contribution in [2.45, 2.75) is 19.3 Å². The number of aliphatic hydroxyl groups is 1. The van der Waals surface area contributed by atoms with E-state index in [9.17, 15) is 18.0 Å². The second-order valence-electron chi connectivity index (χ2n) is 5.72. The predicted octanol–water partition coefficient (Wildman–Crippen LogP) is 4.19. The molecular weight excluding hydrogens is 355 g/mol. The van der Waals surface area contributed by atoms with E-state index in [2.05, 4.69) is 4.99 Å². The fourth-order valence-corrected chi connectivity index (χ4v) is 3.00. The van der Waals surface area contributed by atoms with Crippen molar-refractivity contribution in [1.82, 2.24) is 0 Å². The van der Waals surface area contributed by atoms with Gasteiger partial charge in [-0.3, -0.25) is 9.79 Å². The van der Waals surface area contributed by atoms with E-state index in [-0.39, 0.29) is 42.1 Å². The van der Waals surface area contributed by atoms with Crippen LogP contribution in [0.4, 0.5) is 18.9 Å². The highest BCUT2D eigenvalue weighted by atomic mass is 35.5. The molecule has 0 aromatic heterocycles. The lowest BCUT2D eigenvalue weighted by atomic mass is 9.95. The molecule has 0 atom stereocenters. The average molecular weight is 368 g/mol. The largest absolute Gasteiger partial charge is 0.396 e. The SMILES string of the molecule is O=C(Cc1ccc(F)c(Cl)c1)c1cc(F)c(F)c2c1CC(CCO)=N2. The van der Waals surface area contributed by atoms with Crippen molar-refractivity contribution in [2.75, 3.05) is 6.61 Å². The number of rotatable bonds is 5. The third-order valence-electron chi connectivity index (χ3n) is 4.00. The van der Waals surface area contributed by atoms with Crippen LogP contribution in [0, 0.1) is 17.5 Å². The van der Waals surface area contributed by atoms with Crippen molar-refractivity contribution in [1.29, 1.82) is 0 Å². The Morgan fingerprint density at radius 2 is 1.96 bits per heavy atom. The van der Waals surface area contributed by atoms with Crippen LogP contribution in [0.1, 0.15) is 27.9 Å². The monoisotopic (exact) mass is 367 g/mol. The van der Waals surface area contributed by atoms with Gasteiger partial charge < -0.3 is 5.11 Å². The Morgan fingerprint density at radius 1 is 1.20 bits per heavy atom. The standard InChI is InChI=1S/C18H13ClF3NO2/c19-13-5-9(1-2-14(13)20)6-16(25)11-8-15(21)17(22)18-12(11)7-10(23-18)3-4-24/h1-2,5,8,24H,3-4,6-7H2. The fraction of sp³-hybridized carbons (Fsp3) is 0.222. The molecule has 0 bridgehead atoms. The number of nitrogens with zero attached hydrogens (tertiary/aromatic N) is 1. The molecule has 3 nitrogen and oxygen atoms in total. The zero-order chi connectivity index (χ0) is 18.1. The molecule has 130 valence electrons. The van der Waals surface area contributed by atoms with Gasteiger partial charge in [0.15, 0.2) is 17.4 Å². The first-order valence-corrected chi connectivity index (χ1v) is 7.93. The van der Waals surface area contributed by atoms with Crippen molar-refractivity contribution in [3.05, 3.63) is 63.4 Å². The lowest BCUT2D eigenvalue weighted by Gasteiger charge is -2.09. The number of fused-ring (bicyclic) bond motifs is 1. The molecule has 0 saturated heterocycles. The number of ketones is 1. The van der Waals surface area contributed by atoms with Crippen molar-refractivity contribution in [3.8, 4) is 0 Å². The van der Waals surface area contributed by atoms with E-state index in [0.29, 0.717) is 16.8 Å². The molecule has 0 aliphatic carbocycles. The Labute approximate surface area is 146 Å². The van der Waals surface area contributed by atoms with Crippen LogP contribution in [0.3, 0.4) is 0 Å². The molecular formula is C18H13ClF3NO2. The number of hydrogen-bond acceptors (Lipinski definition) is 3. The smallest absolute Gasteiger partial charge is 0.184 e. The molecule has 1 N–H and O–H groups in total. The van der Waals surface area contributed by atoms with Gasteiger partial charge >= 0.3 is 0 Å². The highest BCUT2D eigenvalue weighted by Gasteiger charge is 2.27. The summed E-state index contributed by atoms with van der Waals surface area (Å²) in [6.07, 6.45) is 0.266. The molecule has 0 amide bonds. The highest BCUT2D eigenvalue weighted by Crippen LogP contribution is 2.35. The number of hydrogen-bond donors (Lipinski definition) is 1. The molecule has 1 aliphatic rings. The van der Waals surface area contributed by atoms with Crippen LogP contribution in [0.2, 0.25) is 5.02 Å². The van der Waals surface area contributed by atoms with Gasteiger partial charge in [-0.05, 0) is 29.3 Å². The van der Waals surface area contributed by atoms with Gasteiger partial charge in [-0.1, -0.05) is 17.7 Å². The zero-order valence-electron chi connectivity index (χ0n) is 13.0. The molecule has 2 aromatic carbocycles. The van der Waals surface area contributed by atoms with E-state index in [1.165, 1.54) is 12.1 Å². The molecule has 3 rings (SSSR count). The van der Waals surface area contributed by atoms with Crippen LogP contribution in [0.25, 0.3) is 0 Å². The first kappa shape index (κ1) is 17.6. The second kappa shape index (κ2) is 6.98. The van der Waals surface area contributed by atoms with Gasteiger partial charge in [0.1, 0.15) is 11.5 Å². The number of benzene rings is 2. The Balaban J connectivity index is 1.94. The molecule has 0 radical (unpaired) electrons. The summed E-state index contributed by atoms with van der Waals surface area (Å²) in [5.74, 6) is -3.32. The number of aliphatic hydroxyl groups excluding tert-OH is 1. The van der Waals surface area contributed by atoms with E-state index >= 15 is 0 Å². The lowest BCUT2D eigenvalue weighted by Crippen LogP contribution is -2.10. The molecule has 0 fully saturated rings. The van der Waals surface area contributed by atoms with Gasteiger partial charge in [0, 0.05) is 37.1 Å². The van der Waals surface area contributed by atoms with E-state index in [0.717, 1.165) is 12.1 Å². The minimum atomic E-state index is -1.16. The lowest BCUT2D eigenvalue weighted by molar-refractivity contribution is 0.0991. The Kier molecular flexibility index (Phi) is 4.92. The maximum atomic E-state index is 14.0. The summed E-state index contributed by atoms with van der Waals surface area (Å²) in [4.78, 5) is 16.6. The number of halogens is 4. The Bertz CT molecular complexity index is 896. The van der Waals surface area contributed by atoms with Crippen LogP contribution in [0.15, 0.2) is 29.3 Å². The van der Waals surface area contributed by atoms with Gasteiger partial charge in [-0.25, -0.2) is 13.2 Å². The van der Waals surface area contributed by atoms with E-state index in [1.807, 2.05) is 0 Å². The zero-order valence-corrected chi connectivity index (χ0v) is 13.7. The normalized spacial score (nSPS) is 12.9. The molecule has 1 heterocycles. The Morgan fingerprint density at radius 3 is 2.64 bits per heavy atom. The molecule has 0 spiro atoms. The summed E-state index contributed by atoms with van der Waals surface area (Å²) < 4.78 is 41.0. The van der Waals surface area contributed by atoms with Gasteiger partial charge in [-0.15, -0.1) is 0 Å². The minimum Gasteiger partial charge on any atom is -0.396 e. The van der Waals surface area contributed by atoms with E-state index in [1.54, 1.807) is 0 Å². The van der Waals surface area contributed by atoms with Gasteiger partial charge in [0.2, 0.25) is 0 Å². The van der Waals surface area contributed by atoms with Crippen molar-refractivity contribution in [3.63, 3.8) is 0 Å². The number of carbonyl (C=O) groups excluding carboxylic acids is 1. The molecule has 0 saturated carbocycles. The van der Waals surface area contributed by atoms with Crippen molar-refractivity contribution >= 4 is 28.8 Å². The number of aliphatic imine (C=N–C) groups is 1. The summed E-state index contributed by atoms with van der Waals surface area (Å²) in [5.41, 5.74) is 1.10. The van der Waals surface area contributed by atoms with Gasteiger partial charge in [-0.2, -0.15) is 0 Å². The van der Waals surface area contributed by atoms with Gasteiger partial charge in [0.05, 0.1) is 5.02 Å². The fourth-order valence-electron chi connectivity index (χ4n) is 2.80. The summed E-state index contributed by atoms with van der Waals surface area (Å²) in [6, 6.07) is 4.73. The van der Waals surface area contributed by atoms with E-state index < -0.39 is 23.2 Å². The molecule has 0 unspecified atom stereocenters. The summed E-state index contributed by atoms with van der Waals surface area (Å²) in [5, 5.41) is 8.88. The van der Waals surface area contributed by atoms with Crippen LogP contribution in [0.5, 0.6) is 0 Å².